The van der Waals surface area contributed by atoms with E-state index < -0.39 is 0 Å². The number of ether oxygens (including phenoxy) is 3. The molecular formula is C17H32N4O5S. The second kappa shape index (κ2) is 11.8. The van der Waals surface area contributed by atoms with Crippen LogP contribution in [0.2, 0.25) is 0 Å². The van der Waals surface area contributed by atoms with E-state index in [0.717, 1.165) is 0 Å². The molecule has 2 rings (SSSR count). The zero-order valence-corrected chi connectivity index (χ0v) is 17.3. The van der Waals surface area contributed by atoms with Gasteiger partial charge in [0.2, 0.25) is 11.8 Å². The lowest BCUT2D eigenvalue weighted by molar-refractivity contribution is -0.147. The lowest BCUT2D eigenvalue weighted by Crippen LogP contribution is -2.54. The van der Waals surface area contributed by atoms with Gasteiger partial charge in [-0.3, -0.25) is 14.3 Å². The predicted molar refractivity (Wildman–Crippen MR) is 103 cm³/mol. The third-order valence-electron chi connectivity index (χ3n) is 4.61. The SMILES string of the molecule is CNC[C@@H]1CN(C(=O)COC)CC(CSNCC2COCCN2C(C)=O)O1. The Balaban J connectivity index is 1.77. The molecule has 2 N–H and O–H groups in total. The van der Waals surface area contributed by atoms with E-state index >= 15 is 0 Å². The van der Waals surface area contributed by atoms with Crippen molar-refractivity contribution in [2.24, 2.45) is 0 Å². The molecule has 9 nitrogen and oxygen atoms in total. The van der Waals surface area contributed by atoms with Crippen molar-refractivity contribution in [1.82, 2.24) is 19.8 Å². The molecule has 0 aromatic heterocycles. The summed E-state index contributed by atoms with van der Waals surface area (Å²) in [5.41, 5.74) is 0. The van der Waals surface area contributed by atoms with Crippen LogP contribution in [-0.4, -0.2) is 112 Å². The van der Waals surface area contributed by atoms with Gasteiger partial charge in [0.15, 0.2) is 0 Å². The minimum atomic E-state index is -0.0538. The van der Waals surface area contributed by atoms with Gasteiger partial charge < -0.3 is 29.3 Å². The topological polar surface area (TPSA) is 92.4 Å². The maximum absolute atomic E-state index is 12.2. The summed E-state index contributed by atoms with van der Waals surface area (Å²) in [5, 5.41) is 3.11. The van der Waals surface area contributed by atoms with Crippen LogP contribution < -0.4 is 10.0 Å². The highest BCUT2D eigenvalue weighted by molar-refractivity contribution is 7.97. The van der Waals surface area contributed by atoms with E-state index in [1.165, 1.54) is 7.11 Å². The van der Waals surface area contributed by atoms with Gasteiger partial charge in [0.05, 0.1) is 31.5 Å². The monoisotopic (exact) mass is 404 g/mol. The normalized spacial score (nSPS) is 26.3. The molecule has 0 spiro atoms. The number of morpholine rings is 2. The molecule has 2 aliphatic heterocycles. The van der Waals surface area contributed by atoms with Crippen LogP contribution in [0, 0.1) is 0 Å². The van der Waals surface area contributed by atoms with Crippen LogP contribution in [0.15, 0.2) is 0 Å². The summed E-state index contributed by atoms with van der Waals surface area (Å²) >= 11 is 1.56. The molecular weight excluding hydrogens is 372 g/mol. The third kappa shape index (κ3) is 7.20. The smallest absolute Gasteiger partial charge is 0.248 e. The summed E-state index contributed by atoms with van der Waals surface area (Å²) in [6.45, 7) is 5.95. The van der Waals surface area contributed by atoms with Crippen molar-refractivity contribution in [3.05, 3.63) is 0 Å². The number of carbonyl (C=O) groups excluding carboxylic acids is 2. The maximum atomic E-state index is 12.2. The van der Waals surface area contributed by atoms with E-state index in [1.54, 1.807) is 18.9 Å². The van der Waals surface area contributed by atoms with Crippen LogP contribution >= 0.6 is 11.9 Å². The maximum Gasteiger partial charge on any atom is 0.248 e. The number of methoxy groups -OCH3 is 1. The Labute approximate surface area is 165 Å². The molecule has 156 valence electrons. The Kier molecular flexibility index (Phi) is 9.80. The number of hydrogen-bond acceptors (Lipinski definition) is 8. The van der Waals surface area contributed by atoms with Crippen molar-refractivity contribution in [2.45, 2.75) is 25.2 Å². The molecule has 27 heavy (non-hydrogen) atoms. The number of amides is 2. The van der Waals surface area contributed by atoms with E-state index in [9.17, 15) is 9.59 Å². The van der Waals surface area contributed by atoms with Gasteiger partial charge >= 0.3 is 0 Å². The van der Waals surface area contributed by atoms with Crippen molar-refractivity contribution in [3.8, 4) is 0 Å². The molecule has 2 saturated heterocycles. The lowest BCUT2D eigenvalue weighted by atomic mass is 10.2. The minimum Gasteiger partial charge on any atom is -0.377 e. The quantitative estimate of drug-likeness (QED) is 0.371. The van der Waals surface area contributed by atoms with Crippen molar-refractivity contribution in [1.29, 1.82) is 0 Å². The van der Waals surface area contributed by atoms with Crippen molar-refractivity contribution in [2.75, 3.05) is 72.5 Å². The van der Waals surface area contributed by atoms with E-state index in [0.29, 0.717) is 51.7 Å². The predicted octanol–water partition coefficient (Wildman–Crippen LogP) is -1.07. The van der Waals surface area contributed by atoms with Crippen LogP contribution in [-0.2, 0) is 23.8 Å². The van der Waals surface area contributed by atoms with E-state index in [1.807, 2.05) is 16.8 Å². The standard InChI is InChI=1S/C17H32N4O5S/c1-13(22)21-4-5-25-10-14(21)6-19-27-12-16-9-20(17(23)11-24-3)8-15(26-16)7-18-2/h14-16,18-19H,4-12H2,1-3H3/t14?,15-,16?/m1/s1. The number of hydrogen-bond donors (Lipinski definition) is 2. The van der Waals surface area contributed by atoms with Gasteiger partial charge in [0.25, 0.3) is 0 Å². The number of nitrogens with zero attached hydrogens (tertiary/aromatic N) is 2. The van der Waals surface area contributed by atoms with Gasteiger partial charge in [-0.2, -0.15) is 0 Å². The van der Waals surface area contributed by atoms with Gasteiger partial charge in [-0.1, -0.05) is 11.9 Å². The number of carbonyl (C=O) groups is 2. The van der Waals surface area contributed by atoms with Gasteiger partial charge in [0.1, 0.15) is 6.61 Å². The molecule has 2 aliphatic rings. The first kappa shape index (κ1) is 22.4. The molecule has 2 fully saturated rings. The summed E-state index contributed by atoms with van der Waals surface area (Å²) in [4.78, 5) is 27.5. The fourth-order valence-corrected chi connectivity index (χ4v) is 4.12. The fourth-order valence-electron chi connectivity index (χ4n) is 3.32. The molecule has 0 aromatic carbocycles. The van der Waals surface area contributed by atoms with Crippen LogP contribution in [0.4, 0.5) is 0 Å². The number of nitrogens with one attached hydrogen (secondary N) is 2. The minimum absolute atomic E-state index is 0.0127. The van der Waals surface area contributed by atoms with Gasteiger partial charge in [0, 0.05) is 52.5 Å². The highest BCUT2D eigenvalue weighted by atomic mass is 32.2. The van der Waals surface area contributed by atoms with Crippen LogP contribution in [0.1, 0.15) is 6.92 Å². The molecule has 3 atom stereocenters. The summed E-state index contributed by atoms with van der Waals surface area (Å²) in [7, 11) is 3.40. The summed E-state index contributed by atoms with van der Waals surface area (Å²) in [5.74, 6) is 0.777. The van der Waals surface area contributed by atoms with Gasteiger partial charge in [-0.05, 0) is 7.05 Å². The zero-order valence-electron chi connectivity index (χ0n) is 16.4. The average Bonchev–Trinajstić information content (AvgIpc) is 2.66. The number of rotatable bonds is 9. The first-order valence-corrected chi connectivity index (χ1v) is 10.3. The van der Waals surface area contributed by atoms with Crippen LogP contribution in [0.5, 0.6) is 0 Å². The van der Waals surface area contributed by atoms with E-state index in [4.69, 9.17) is 14.2 Å². The third-order valence-corrected chi connectivity index (χ3v) is 5.52. The van der Waals surface area contributed by atoms with Crippen LogP contribution in [0.3, 0.4) is 0 Å². The molecule has 0 bridgehead atoms. The largest absolute Gasteiger partial charge is 0.377 e. The molecule has 2 heterocycles. The van der Waals surface area contributed by atoms with E-state index in [2.05, 4.69) is 10.0 Å². The summed E-state index contributed by atoms with van der Waals surface area (Å²) in [6, 6.07) is 0.0489. The Morgan fingerprint density at radius 2 is 2.04 bits per heavy atom. The van der Waals surface area contributed by atoms with Crippen LogP contribution in [0.25, 0.3) is 0 Å². The molecule has 0 aromatic rings. The molecule has 0 aliphatic carbocycles. The number of likely N-dealkylation sites (N-methyl/N-ethyl adjacent to an activating group) is 1. The summed E-state index contributed by atoms with van der Waals surface area (Å²) in [6.07, 6.45) is -0.0861. The second-order valence-electron chi connectivity index (χ2n) is 6.77. The van der Waals surface area contributed by atoms with Crippen molar-refractivity contribution < 1.29 is 23.8 Å². The Bertz CT molecular complexity index is 484. The molecule has 10 heteroatoms. The highest BCUT2D eigenvalue weighted by Crippen LogP contribution is 2.15. The highest BCUT2D eigenvalue weighted by Gasteiger charge is 2.30. The first-order valence-electron chi connectivity index (χ1n) is 9.31. The molecule has 0 radical (unpaired) electrons. The Morgan fingerprint density at radius 1 is 1.26 bits per heavy atom. The fraction of sp³-hybridized carbons (Fsp3) is 0.882. The van der Waals surface area contributed by atoms with Crippen molar-refractivity contribution in [3.63, 3.8) is 0 Å². The van der Waals surface area contributed by atoms with Gasteiger partial charge in [-0.25, -0.2) is 0 Å². The Morgan fingerprint density at radius 3 is 2.74 bits per heavy atom. The molecule has 2 unspecified atom stereocenters. The molecule has 0 saturated carbocycles. The second-order valence-corrected chi connectivity index (χ2v) is 7.68. The lowest BCUT2D eigenvalue weighted by Gasteiger charge is -2.38. The Hall–Kier alpha value is -0.910. The molecule has 2 amide bonds. The first-order chi connectivity index (χ1) is 13.0. The average molecular weight is 405 g/mol. The van der Waals surface area contributed by atoms with Crippen molar-refractivity contribution >= 4 is 23.8 Å². The van der Waals surface area contributed by atoms with E-state index in [-0.39, 0.29) is 36.7 Å². The van der Waals surface area contributed by atoms with Gasteiger partial charge in [-0.15, -0.1) is 0 Å². The zero-order chi connectivity index (χ0) is 19.6. The summed E-state index contributed by atoms with van der Waals surface area (Å²) < 4.78 is 19.9.